The molecule has 0 atom stereocenters. The molecule has 0 heterocycles. The SMILES string of the molecule is FC(F)(F)CCCNc1ccc(-c2ccccc2)cc1. The summed E-state index contributed by atoms with van der Waals surface area (Å²) in [5, 5.41) is 3.00. The zero-order valence-electron chi connectivity index (χ0n) is 11.0. The molecule has 0 aliphatic heterocycles. The van der Waals surface area contributed by atoms with Gasteiger partial charge in [0.05, 0.1) is 0 Å². The van der Waals surface area contributed by atoms with Crippen molar-refractivity contribution in [2.75, 3.05) is 11.9 Å². The topological polar surface area (TPSA) is 12.0 Å². The molecule has 0 unspecified atom stereocenters. The van der Waals surface area contributed by atoms with E-state index in [-0.39, 0.29) is 6.42 Å². The van der Waals surface area contributed by atoms with Gasteiger partial charge in [-0.15, -0.1) is 0 Å². The quantitative estimate of drug-likeness (QED) is 0.750. The van der Waals surface area contributed by atoms with E-state index in [1.807, 2.05) is 54.6 Å². The van der Waals surface area contributed by atoms with Gasteiger partial charge in [-0.25, -0.2) is 0 Å². The minimum absolute atomic E-state index is 0.0872. The van der Waals surface area contributed by atoms with E-state index < -0.39 is 12.6 Å². The van der Waals surface area contributed by atoms with Crippen molar-refractivity contribution in [3.05, 3.63) is 54.6 Å². The molecule has 0 aromatic heterocycles. The van der Waals surface area contributed by atoms with E-state index in [1.165, 1.54) is 0 Å². The first kappa shape index (κ1) is 14.4. The normalized spacial score (nSPS) is 11.3. The van der Waals surface area contributed by atoms with Crippen LogP contribution in [0.15, 0.2) is 54.6 Å². The van der Waals surface area contributed by atoms with Crippen molar-refractivity contribution in [3.8, 4) is 11.1 Å². The molecular formula is C16H16F3N. The van der Waals surface area contributed by atoms with E-state index in [0.717, 1.165) is 16.8 Å². The highest BCUT2D eigenvalue weighted by Gasteiger charge is 2.25. The Labute approximate surface area is 116 Å². The minimum Gasteiger partial charge on any atom is -0.385 e. The molecule has 0 bridgehead atoms. The molecule has 1 N–H and O–H groups in total. The zero-order chi connectivity index (χ0) is 14.4. The van der Waals surface area contributed by atoms with Crippen LogP contribution in [0.4, 0.5) is 18.9 Å². The van der Waals surface area contributed by atoms with Crippen LogP contribution in [0.25, 0.3) is 11.1 Å². The van der Waals surface area contributed by atoms with Crippen LogP contribution in [-0.4, -0.2) is 12.7 Å². The Morgan fingerprint density at radius 3 is 2.00 bits per heavy atom. The number of benzene rings is 2. The lowest BCUT2D eigenvalue weighted by Gasteiger charge is -2.09. The van der Waals surface area contributed by atoms with Crippen LogP contribution < -0.4 is 5.32 Å². The second kappa shape index (κ2) is 6.46. The molecule has 2 aromatic carbocycles. The van der Waals surface area contributed by atoms with Gasteiger partial charge in [0.15, 0.2) is 0 Å². The van der Waals surface area contributed by atoms with Gasteiger partial charge in [-0.05, 0) is 29.7 Å². The van der Waals surface area contributed by atoms with E-state index in [1.54, 1.807) is 0 Å². The zero-order valence-corrected chi connectivity index (χ0v) is 11.0. The number of rotatable bonds is 5. The van der Waals surface area contributed by atoms with Crippen LogP contribution >= 0.6 is 0 Å². The summed E-state index contributed by atoms with van der Waals surface area (Å²) in [7, 11) is 0. The average Bonchev–Trinajstić information content (AvgIpc) is 2.44. The number of halogens is 3. The van der Waals surface area contributed by atoms with Crippen molar-refractivity contribution in [1.82, 2.24) is 0 Å². The van der Waals surface area contributed by atoms with Crippen molar-refractivity contribution in [1.29, 1.82) is 0 Å². The van der Waals surface area contributed by atoms with E-state index in [4.69, 9.17) is 0 Å². The van der Waals surface area contributed by atoms with Gasteiger partial charge < -0.3 is 5.32 Å². The molecular weight excluding hydrogens is 263 g/mol. The summed E-state index contributed by atoms with van der Waals surface area (Å²) >= 11 is 0. The lowest BCUT2D eigenvalue weighted by atomic mass is 10.1. The molecule has 0 saturated carbocycles. The maximum atomic E-state index is 12.0. The van der Waals surface area contributed by atoms with Crippen LogP contribution in [-0.2, 0) is 0 Å². The van der Waals surface area contributed by atoms with Crippen molar-refractivity contribution in [3.63, 3.8) is 0 Å². The summed E-state index contributed by atoms with van der Waals surface area (Å²) < 4.78 is 36.0. The van der Waals surface area contributed by atoms with Gasteiger partial charge in [0.2, 0.25) is 0 Å². The second-order valence-corrected chi connectivity index (χ2v) is 4.59. The summed E-state index contributed by atoms with van der Waals surface area (Å²) in [6.45, 7) is 0.324. The fourth-order valence-electron chi connectivity index (χ4n) is 1.93. The molecule has 2 aromatic rings. The number of hydrogen-bond donors (Lipinski definition) is 1. The smallest absolute Gasteiger partial charge is 0.385 e. The molecule has 0 aliphatic rings. The maximum Gasteiger partial charge on any atom is 0.389 e. The summed E-state index contributed by atoms with van der Waals surface area (Å²) in [4.78, 5) is 0. The van der Waals surface area contributed by atoms with Crippen LogP contribution in [0.5, 0.6) is 0 Å². The van der Waals surface area contributed by atoms with Crippen LogP contribution in [0.3, 0.4) is 0 Å². The molecule has 2 rings (SSSR count). The lowest BCUT2D eigenvalue weighted by Crippen LogP contribution is -2.10. The molecule has 0 fully saturated rings. The van der Waals surface area contributed by atoms with Crippen molar-refractivity contribution in [2.24, 2.45) is 0 Å². The predicted molar refractivity (Wildman–Crippen MR) is 75.7 cm³/mol. The minimum atomic E-state index is -4.07. The third kappa shape index (κ3) is 4.61. The summed E-state index contributed by atoms with van der Waals surface area (Å²) in [5.74, 6) is 0. The highest BCUT2D eigenvalue weighted by Crippen LogP contribution is 2.22. The fraction of sp³-hybridized carbons (Fsp3) is 0.250. The molecule has 106 valence electrons. The largest absolute Gasteiger partial charge is 0.389 e. The second-order valence-electron chi connectivity index (χ2n) is 4.59. The van der Waals surface area contributed by atoms with E-state index in [9.17, 15) is 13.2 Å². The first-order chi connectivity index (χ1) is 9.54. The highest BCUT2D eigenvalue weighted by molar-refractivity contribution is 5.65. The Morgan fingerprint density at radius 2 is 1.40 bits per heavy atom. The molecule has 0 amide bonds. The van der Waals surface area contributed by atoms with Crippen molar-refractivity contribution >= 4 is 5.69 Å². The standard InChI is InChI=1S/C16H16F3N/c17-16(18,19)11-4-12-20-15-9-7-14(8-10-15)13-5-2-1-3-6-13/h1-3,5-10,20H,4,11-12H2. The molecule has 0 radical (unpaired) electrons. The average molecular weight is 279 g/mol. The van der Waals surface area contributed by atoms with Crippen LogP contribution in [0.2, 0.25) is 0 Å². The van der Waals surface area contributed by atoms with E-state index in [0.29, 0.717) is 6.54 Å². The molecule has 1 nitrogen and oxygen atoms in total. The van der Waals surface area contributed by atoms with Gasteiger partial charge in [0.25, 0.3) is 0 Å². The summed E-state index contributed by atoms with van der Waals surface area (Å²) in [5.41, 5.74) is 3.05. The van der Waals surface area contributed by atoms with Gasteiger partial charge in [-0.2, -0.15) is 13.2 Å². The Kier molecular flexibility index (Phi) is 4.66. The maximum absolute atomic E-state index is 12.0. The first-order valence-electron chi connectivity index (χ1n) is 6.51. The number of anilines is 1. The van der Waals surface area contributed by atoms with Gasteiger partial charge in [-0.3, -0.25) is 0 Å². The molecule has 20 heavy (non-hydrogen) atoms. The third-order valence-electron chi connectivity index (χ3n) is 2.96. The van der Waals surface area contributed by atoms with Crippen molar-refractivity contribution < 1.29 is 13.2 Å². The number of hydrogen-bond acceptors (Lipinski definition) is 1. The Hall–Kier alpha value is -1.97. The van der Waals surface area contributed by atoms with Gasteiger partial charge in [0, 0.05) is 18.7 Å². The summed E-state index contributed by atoms with van der Waals surface area (Å²) in [6, 6.07) is 17.6. The third-order valence-corrected chi connectivity index (χ3v) is 2.96. The number of alkyl halides is 3. The number of nitrogens with one attached hydrogen (secondary N) is 1. The van der Waals surface area contributed by atoms with Crippen molar-refractivity contribution in [2.45, 2.75) is 19.0 Å². The van der Waals surface area contributed by atoms with Gasteiger partial charge in [0.1, 0.15) is 0 Å². The predicted octanol–water partition coefficient (Wildman–Crippen LogP) is 5.11. The molecule has 0 saturated heterocycles. The monoisotopic (exact) mass is 279 g/mol. The van der Waals surface area contributed by atoms with E-state index >= 15 is 0 Å². The highest BCUT2D eigenvalue weighted by atomic mass is 19.4. The first-order valence-corrected chi connectivity index (χ1v) is 6.51. The Balaban J connectivity index is 1.86. The summed E-state index contributed by atoms with van der Waals surface area (Å²) in [6.07, 6.45) is -4.73. The fourth-order valence-corrected chi connectivity index (χ4v) is 1.93. The van der Waals surface area contributed by atoms with Crippen LogP contribution in [0.1, 0.15) is 12.8 Å². The van der Waals surface area contributed by atoms with Gasteiger partial charge in [-0.1, -0.05) is 42.5 Å². The lowest BCUT2D eigenvalue weighted by molar-refractivity contribution is -0.134. The molecule has 0 aliphatic carbocycles. The van der Waals surface area contributed by atoms with E-state index in [2.05, 4.69) is 5.32 Å². The van der Waals surface area contributed by atoms with Crippen LogP contribution in [0, 0.1) is 0 Å². The Bertz CT molecular complexity index is 518. The Morgan fingerprint density at radius 1 is 0.800 bits per heavy atom. The molecule has 0 spiro atoms. The van der Waals surface area contributed by atoms with Gasteiger partial charge >= 0.3 is 6.18 Å². The molecule has 4 heteroatoms.